The van der Waals surface area contributed by atoms with Crippen LogP contribution < -0.4 is 5.32 Å². The molecule has 6 nitrogen and oxygen atoms in total. The molecule has 1 fully saturated rings. The first kappa shape index (κ1) is 17.5. The molecule has 7 heteroatoms. The second-order valence-corrected chi connectivity index (χ2v) is 6.57. The average Bonchev–Trinajstić information content (AvgIpc) is 3.05. The molecular formula is C16H21N3O3S. The highest BCUT2D eigenvalue weighted by Crippen LogP contribution is 2.24. The van der Waals surface area contributed by atoms with E-state index in [1.807, 2.05) is 12.1 Å². The molecule has 2 atom stereocenters. The minimum atomic E-state index is -0.595. The molecule has 0 aromatic carbocycles. The third-order valence-electron chi connectivity index (χ3n) is 3.88. The van der Waals surface area contributed by atoms with Gasteiger partial charge in [0.1, 0.15) is 12.1 Å². The largest absolute Gasteiger partial charge is 0.347 e. The number of aromatic nitrogens is 1. The van der Waals surface area contributed by atoms with E-state index in [4.69, 9.17) is 0 Å². The highest BCUT2D eigenvalue weighted by Gasteiger charge is 2.35. The molecule has 0 saturated carbocycles. The number of aryl methyl sites for hydroxylation is 1. The molecule has 2 rings (SSSR count). The monoisotopic (exact) mass is 335 g/mol. The Balaban J connectivity index is 1.85. The van der Waals surface area contributed by atoms with E-state index in [1.165, 1.54) is 11.8 Å². The van der Waals surface area contributed by atoms with E-state index in [0.29, 0.717) is 25.1 Å². The van der Waals surface area contributed by atoms with Gasteiger partial charge in [-0.2, -0.15) is 0 Å². The highest BCUT2D eigenvalue weighted by atomic mass is 32.2. The van der Waals surface area contributed by atoms with Gasteiger partial charge in [-0.15, -0.1) is 0 Å². The molecule has 2 heterocycles. The van der Waals surface area contributed by atoms with Crippen molar-refractivity contribution in [3.05, 3.63) is 30.1 Å². The first-order chi connectivity index (χ1) is 11.1. The molecule has 1 aliphatic rings. The van der Waals surface area contributed by atoms with Crippen LogP contribution in [0.3, 0.4) is 0 Å². The van der Waals surface area contributed by atoms with Gasteiger partial charge in [0.15, 0.2) is 0 Å². The molecule has 1 aromatic rings. The van der Waals surface area contributed by atoms with Crippen molar-refractivity contribution in [2.24, 2.45) is 0 Å². The minimum absolute atomic E-state index is 0.0307. The van der Waals surface area contributed by atoms with Crippen molar-refractivity contribution >= 4 is 29.2 Å². The molecule has 1 aromatic heterocycles. The second-order valence-electron chi connectivity index (χ2n) is 5.47. The van der Waals surface area contributed by atoms with Crippen LogP contribution in [0.15, 0.2) is 24.5 Å². The predicted molar refractivity (Wildman–Crippen MR) is 88.8 cm³/mol. The zero-order valence-corrected chi connectivity index (χ0v) is 13.9. The van der Waals surface area contributed by atoms with Crippen LogP contribution in [0.4, 0.5) is 0 Å². The van der Waals surface area contributed by atoms with Crippen LogP contribution in [0.1, 0.15) is 25.3 Å². The number of hydrogen-bond donors (Lipinski definition) is 1. The van der Waals surface area contributed by atoms with E-state index < -0.39 is 6.04 Å². The Labute approximate surface area is 140 Å². The van der Waals surface area contributed by atoms with E-state index in [1.54, 1.807) is 24.2 Å². The Morgan fingerprint density at radius 3 is 2.91 bits per heavy atom. The summed E-state index contributed by atoms with van der Waals surface area (Å²) in [4.78, 5) is 40.7. The van der Waals surface area contributed by atoms with Gasteiger partial charge in [-0.3, -0.25) is 19.4 Å². The standard InChI is InChI=1S/C16H21N3O3S/c1-12(18-11-20)15(21)19-9-2-3-14(19)16(22)23-10-6-13-4-7-17-8-5-13/h4-5,7-8,11-12,14H,2-3,6,9-10H2,1H3,(H,18,20). The number of hydrogen-bond acceptors (Lipinski definition) is 5. The molecular weight excluding hydrogens is 314 g/mol. The van der Waals surface area contributed by atoms with Crippen LogP contribution in [0.2, 0.25) is 0 Å². The zero-order chi connectivity index (χ0) is 16.7. The number of amides is 2. The third-order valence-corrected chi connectivity index (χ3v) is 4.85. The number of rotatable bonds is 7. The van der Waals surface area contributed by atoms with Gasteiger partial charge >= 0.3 is 0 Å². The van der Waals surface area contributed by atoms with Gasteiger partial charge < -0.3 is 10.2 Å². The first-order valence-electron chi connectivity index (χ1n) is 7.69. The fraction of sp³-hybridized carbons (Fsp3) is 0.500. The molecule has 0 spiro atoms. The van der Waals surface area contributed by atoms with E-state index in [2.05, 4.69) is 10.3 Å². The number of likely N-dealkylation sites (tertiary alicyclic amines) is 1. The molecule has 23 heavy (non-hydrogen) atoms. The SMILES string of the molecule is CC(NC=O)C(=O)N1CCCC1C(=O)SCCc1ccncc1. The van der Waals surface area contributed by atoms with E-state index in [0.717, 1.165) is 18.4 Å². The number of carbonyl (C=O) groups is 3. The van der Waals surface area contributed by atoms with Gasteiger partial charge in [-0.05, 0) is 43.9 Å². The predicted octanol–water partition coefficient (Wildman–Crippen LogP) is 1.01. The third kappa shape index (κ3) is 4.79. The smallest absolute Gasteiger partial charge is 0.245 e. The molecule has 2 amide bonds. The molecule has 1 N–H and O–H groups in total. The summed E-state index contributed by atoms with van der Waals surface area (Å²) in [5.74, 6) is 0.492. The Hall–Kier alpha value is -1.89. The lowest BCUT2D eigenvalue weighted by atomic mass is 10.2. The number of nitrogens with zero attached hydrogens (tertiary/aromatic N) is 2. The maximum absolute atomic E-state index is 12.4. The van der Waals surface area contributed by atoms with Gasteiger partial charge in [0.05, 0.1) is 0 Å². The summed E-state index contributed by atoms with van der Waals surface area (Å²) in [7, 11) is 0. The Morgan fingerprint density at radius 2 is 2.22 bits per heavy atom. The minimum Gasteiger partial charge on any atom is -0.347 e. The zero-order valence-electron chi connectivity index (χ0n) is 13.1. The van der Waals surface area contributed by atoms with Crippen LogP contribution >= 0.6 is 11.8 Å². The van der Waals surface area contributed by atoms with Crippen molar-refractivity contribution < 1.29 is 14.4 Å². The summed E-state index contributed by atoms with van der Waals surface area (Å²) in [6.45, 7) is 2.21. The van der Waals surface area contributed by atoms with Gasteiger partial charge in [0.25, 0.3) is 0 Å². The van der Waals surface area contributed by atoms with E-state index in [9.17, 15) is 14.4 Å². The molecule has 0 aliphatic carbocycles. The molecule has 124 valence electrons. The summed E-state index contributed by atoms with van der Waals surface area (Å²) in [6, 6.07) is 2.90. The molecule has 2 unspecified atom stereocenters. The fourth-order valence-corrected chi connectivity index (χ4v) is 3.59. The van der Waals surface area contributed by atoms with Crippen LogP contribution in [0.25, 0.3) is 0 Å². The summed E-state index contributed by atoms with van der Waals surface area (Å²) < 4.78 is 0. The number of thioether (sulfide) groups is 1. The van der Waals surface area contributed by atoms with Crippen molar-refractivity contribution in [3.63, 3.8) is 0 Å². The average molecular weight is 335 g/mol. The van der Waals surface area contributed by atoms with Gasteiger partial charge in [0.2, 0.25) is 17.4 Å². The Bertz CT molecular complexity index is 553. The normalized spacial score (nSPS) is 18.5. The van der Waals surface area contributed by atoms with Gasteiger partial charge in [0, 0.05) is 24.7 Å². The number of carbonyl (C=O) groups excluding carboxylic acids is 3. The molecule has 0 bridgehead atoms. The van der Waals surface area contributed by atoms with Crippen LogP contribution in [0.5, 0.6) is 0 Å². The van der Waals surface area contributed by atoms with Crippen LogP contribution in [0, 0.1) is 0 Å². The van der Waals surface area contributed by atoms with Crippen molar-refractivity contribution in [3.8, 4) is 0 Å². The second kappa shape index (κ2) is 8.67. The summed E-state index contributed by atoms with van der Waals surface area (Å²) in [5, 5.41) is 2.48. The van der Waals surface area contributed by atoms with Gasteiger partial charge in [-0.25, -0.2) is 0 Å². The lowest BCUT2D eigenvalue weighted by Gasteiger charge is -2.26. The fourth-order valence-electron chi connectivity index (χ4n) is 2.61. The van der Waals surface area contributed by atoms with Crippen molar-refractivity contribution in [2.45, 2.75) is 38.3 Å². The summed E-state index contributed by atoms with van der Waals surface area (Å²) in [5.41, 5.74) is 1.14. The molecule has 0 radical (unpaired) electrons. The number of nitrogens with one attached hydrogen (secondary N) is 1. The number of pyridine rings is 1. The van der Waals surface area contributed by atoms with Crippen LogP contribution in [-0.2, 0) is 20.8 Å². The van der Waals surface area contributed by atoms with Gasteiger partial charge in [-0.1, -0.05) is 11.8 Å². The van der Waals surface area contributed by atoms with Crippen molar-refractivity contribution in [1.29, 1.82) is 0 Å². The quantitative estimate of drug-likeness (QED) is 0.752. The van der Waals surface area contributed by atoms with E-state index in [-0.39, 0.29) is 17.1 Å². The maximum atomic E-state index is 12.4. The summed E-state index contributed by atoms with van der Waals surface area (Å²) in [6.07, 6.45) is 6.30. The van der Waals surface area contributed by atoms with Crippen LogP contribution in [-0.4, -0.2) is 51.7 Å². The molecule has 1 aliphatic heterocycles. The first-order valence-corrected chi connectivity index (χ1v) is 8.67. The lowest BCUT2D eigenvalue weighted by molar-refractivity contribution is -0.137. The van der Waals surface area contributed by atoms with E-state index >= 15 is 0 Å². The maximum Gasteiger partial charge on any atom is 0.245 e. The van der Waals surface area contributed by atoms with Crippen molar-refractivity contribution in [1.82, 2.24) is 15.2 Å². The lowest BCUT2D eigenvalue weighted by Crippen LogP contribution is -2.48. The van der Waals surface area contributed by atoms with Crippen molar-refractivity contribution in [2.75, 3.05) is 12.3 Å². The topological polar surface area (TPSA) is 79.4 Å². The highest BCUT2D eigenvalue weighted by molar-refractivity contribution is 8.13. The molecule has 1 saturated heterocycles. The Kier molecular flexibility index (Phi) is 6.58. The Morgan fingerprint density at radius 1 is 1.48 bits per heavy atom. The summed E-state index contributed by atoms with van der Waals surface area (Å²) >= 11 is 1.27.